The molecule has 1 aliphatic rings. The SMILES string of the molecule is COP(=O)(CC(=O)NN1CCOCC1)OC. The summed E-state index contributed by atoms with van der Waals surface area (Å²) in [5.74, 6) is -0.381. The molecule has 1 saturated heterocycles. The largest absolute Gasteiger partial charge is 0.379 e. The first kappa shape index (κ1) is 13.6. The predicted octanol–water partition coefficient (Wildman–Crippen LogP) is -0.164. The molecule has 1 N–H and O–H groups in total. The fraction of sp³-hybridized carbons (Fsp3) is 0.875. The van der Waals surface area contributed by atoms with Gasteiger partial charge >= 0.3 is 7.60 Å². The number of nitrogens with one attached hydrogen (secondary N) is 1. The molecule has 1 rings (SSSR count). The second-order valence-corrected chi connectivity index (χ2v) is 5.54. The Balaban J connectivity index is 2.37. The second-order valence-electron chi connectivity index (χ2n) is 3.27. The number of hydrogen-bond donors (Lipinski definition) is 1. The summed E-state index contributed by atoms with van der Waals surface area (Å²) in [5, 5.41) is 1.72. The first-order valence-electron chi connectivity index (χ1n) is 4.92. The lowest BCUT2D eigenvalue weighted by molar-refractivity contribution is -0.125. The zero-order valence-corrected chi connectivity index (χ0v) is 10.4. The van der Waals surface area contributed by atoms with Crippen LogP contribution in [0, 0.1) is 0 Å². The molecule has 1 heterocycles. The van der Waals surface area contributed by atoms with Crippen LogP contribution in [0.4, 0.5) is 0 Å². The normalized spacial score (nSPS) is 18.4. The van der Waals surface area contributed by atoms with Crippen molar-refractivity contribution in [3.63, 3.8) is 0 Å². The van der Waals surface area contributed by atoms with Crippen LogP contribution in [0.5, 0.6) is 0 Å². The van der Waals surface area contributed by atoms with E-state index >= 15 is 0 Å². The van der Waals surface area contributed by atoms with Gasteiger partial charge in [-0.15, -0.1) is 0 Å². The van der Waals surface area contributed by atoms with Gasteiger partial charge in [0.25, 0.3) is 0 Å². The molecule has 0 atom stereocenters. The molecule has 0 radical (unpaired) electrons. The van der Waals surface area contributed by atoms with Crippen LogP contribution in [0.15, 0.2) is 0 Å². The zero-order chi connectivity index (χ0) is 12.0. The van der Waals surface area contributed by atoms with Crippen LogP contribution in [-0.2, 0) is 23.1 Å². The molecule has 0 aliphatic carbocycles. The Morgan fingerprint density at radius 2 is 1.94 bits per heavy atom. The fourth-order valence-corrected chi connectivity index (χ4v) is 2.10. The maximum atomic E-state index is 11.7. The summed E-state index contributed by atoms with van der Waals surface area (Å²) in [6.45, 7) is 2.39. The van der Waals surface area contributed by atoms with Crippen molar-refractivity contribution in [3.8, 4) is 0 Å². The highest BCUT2D eigenvalue weighted by Crippen LogP contribution is 2.45. The average molecular weight is 252 g/mol. The van der Waals surface area contributed by atoms with Crippen molar-refractivity contribution in [2.45, 2.75) is 0 Å². The van der Waals surface area contributed by atoms with Gasteiger partial charge in [0.15, 0.2) is 0 Å². The summed E-state index contributed by atoms with van der Waals surface area (Å²) in [5.41, 5.74) is 2.63. The van der Waals surface area contributed by atoms with Gasteiger partial charge in [-0.05, 0) is 0 Å². The first-order chi connectivity index (χ1) is 7.59. The molecule has 16 heavy (non-hydrogen) atoms. The number of carbonyl (C=O) groups is 1. The molecule has 0 saturated carbocycles. The number of morpholine rings is 1. The van der Waals surface area contributed by atoms with Gasteiger partial charge in [0.05, 0.1) is 13.2 Å². The predicted molar refractivity (Wildman–Crippen MR) is 57.0 cm³/mol. The van der Waals surface area contributed by atoms with Gasteiger partial charge in [-0.1, -0.05) is 0 Å². The minimum absolute atomic E-state index is 0.280. The highest BCUT2D eigenvalue weighted by molar-refractivity contribution is 7.54. The third-order valence-corrected chi connectivity index (χ3v) is 3.97. The molecule has 1 aliphatic heterocycles. The topological polar surface area (TPSA) is 77.1 Å². The van der Waals surface area contributed by atoms with Crippen LogP contribution in [0.25, 0.3) is 0 Å². The summed E-state index contributed by atoms with van der Waals surface area (Å²) < 4.78 is 26.1. The molecule has 94 valence electrons. The summed E-state index contributed by atoms with van der Waals surface area (Å²) in [7, 11) is -0.762. The van der Waals surface area contributed by atoms with Crippen molar-refractivity contribution in [3.05, 3.63) is 0 Å². The highest BCUT2D eigenvalue weighted by atomic mass is 31.2. The summed E-state index contributed by atoms with van der Waals surface area (Å²) in [4.78, 5) is 11.5. The van der Waals surface area contributed by atoms with E-state index in [1.54, 1.807) is 5.01 Å². The maximum absolute atomic E-state index is 11.7. The van der Waals surface area contributed by atoms with Crippen molar-refractivity contribution in [2.75, 3.05) is 46.7 Å². The summed E-state index contributed by atoms with van der Waals surface area (Å²) >= 11 is 0. The van der Waals surface area contributed by atoms with E-state index in [9.17, 15) is 9.36 Å². The van der Waals surface area contributed by atoms with Gasteiger partial charge in [0.1, 0.15) is 6.16 Å². The molecule has 0 aromatic heterocycles. The molecule has 0 spiro atoms. The van der Waals surface area contributed by atoms with E-state index in [-0.39, 0.29) is 12.1 Å². The van der Waals surface area contributed by atoms with Gasteiger partial charge < -0.3 is 13.8 Å². The van der Waals surface area contributed by atoms with E-state index < -0.39 is 7.60 Å². The molecule has 7 nitrogen and oxygen atoms in total. The Kier molecular flexibility index (Phi) is 5.37. The minimum Gasteiger partial charge on any atom is -0.379 e. The zero-order valence-electron chi connectivity index (χ0n) is 9.47. The molecule has 0 aromatic carbocycles. The molecule has 0 bridgehead atoms. The van der Waals surface area contributed by atoms with Crippen molar-refractivity contribution in [2.24, 2.45) is 0 Å². The van der Waals surface area contributed by atoms with Gasteiger partial charge in [0.2, 0.25) is 5.91 Å². The Bertz CT molecular complexity index is 272. The standard InChI is InChI=1S/C8H17N2O5P/c1-13-16(12,14-2)7-8(11)9-10-3-5-15-6-4-10/h3-7H2,1-2H3,(H,9,11). The maximum Gasteiger partial charge on any atom is 0.339 e. The number of amides is 1. The van der Waals surface area contributed by atoms with E-state index in [0.717, 1.165) is 0 Å². The van der Waals surface area contributed by atoms with E-state index in [2.05, 4.69) is 14.5 Å². The van der Waals surface area contributed by atoms with Crippen LogP contribution >= 0.6 is 7.60 Å². The third kappa shape index (κ3) is 4.19. The molecular weight excluding hydrogens is 235 g/mol. The minimum atomic E-state index is -3.27. The Labute approximate surface area is 94.5 Å². The van der Waals surface area contributed by atoms with Crippen LogP contribution < -0.4 is 5.43 Å². The Morgan fingerprint density at radius 1 is 1.38 bits per heavy atom. The van der Waals surface area contributed by atoms with Crippen LogP contribution in [0.1, 0.15) is 0 Å². The summed E-state index contributed by atoms with van der Waals surface area (Å²) in [6.07, 6.45) is -0.280. The third-order valence-electron chi connectivity index (χ3n) is 2.19. The number of hydrazine groups is 1. The highest BCUT2D eigenvalue weighted by Gasteiger charge is 2.26. The second kappa shape index (κ2) is 6.32. The van der Waals surface area contributed by atoms with E-state index in [0.29, 0.717) is 26.3 Å². The quantitative estimate of drug-likeness (QED) is 0.685. The fourth-order valence-electron chi connectivity index (χ4n) is 1.27. The van der Waals surface area contributed by atoms with E-state index in [4.69, 9.17) is 4.74 Å². The number of hydrogen-bond acceptors (Lipinski definition) is 6. The smallest absolute Gasteiger partial charge is 0.339 e. The Hall–Kier alpha value is -0.460. The monoisotopic (exact) mass is 252 g/mol. The number of rotatable bonds is 5. The van der Waals surface area contributed by atoms with Gasteiger partial charge in [-0.2, -0.15) is 0 Å². The molecule has 8 heteroatoms. The lowest BCUT2D eigenvalue weighted by Gasteiger charge is -2.27. The van der Waals surface area contributed by atoms with Crippen molar-refractivity contribution < 1.29 is 23.1 Å². The number of carbonyl (C=O) groups excluding carboxylic acids is 1. The first-order valence-corrected chi connectivity index (χ1v) is 6.65. The van der Waals surface area contributed by atoms with Gasteiger partial charge in [-0.25, -0.2) is 5.01 Å². The molecule has 0 unspecified atom stereocenters. The molecule has 0 aromatic rings. The van der Waals surface area contributed by atoms with Crippen LogP contribution in [0.3, 0.4) is 0 Å². The molecule has 1 amide bonds. The summed E-state index contributed by atoms with van der Waals surface area (Å²) in [6, 6.07) is 0. The van der Waals surface area contributed by atoms with Crippen LogP contribution in [-0.4, -0.2) is 57.6 Å². The number of nitrogens with zero attached hydrogens (tertiary/aromatic N) is 1. The molecular formula is C8H17N2O5P. The van der Waals surface area contributed by atoms with Gasteiger partial charge in [0, 0.05) is 27.3 Å². The van der Waals surface area contributed by atoms with Crippen molar-refractivity contribution in [1.82, 2.24) is 10.4 Å². The molecule has 1 fully saturated rings. The Morgan fingerprint density at radius 3 is 2.44 bits per heavy atom. The average Bonchev–Trinajstić information content (AvgIpc) is 2.30. The van der Waals surface area contributed by atoms with E-state index in [1.165, 1.54) is 14.2 Å². The number of ether oxygens (including phenoxy) is 1. The van der Waals surface area contributed by atoms with Crippen molar-refractivity contribution >= 4 is 13.5 Å². The van der Waals surface area contributed by atoms with Crippen LogP contribution in [0.2, 0.25) is 0 Å². The van der Waals surface area contributed by atoms with E-state index in [1.807, 2.05) is 0 Å². The lowest BCUT2D eigenvalue weighted by atomic mass is 10.5. The lowest BCUT2D eigenvalue weighted by Crippen LogP contribution is -2.49. The van der Waals surface area contributed by atoms with Gasteiger partial charge in [-0.3, -0.25) is 14.8 Å². The van der Waals surface area contributed by atoms with Crippen molar-refractivity contribution in [1.29, 1.82) is 0 Å².